The second kappa shape index (κ2) is 9.90. The maximum Gasteiger partial charge on any atom is 0.283 e. The molecule has 1 saturated heterocycles. The first kappa shape index (κ1) is 26.3. The van der Waals surface area contributed by atoms with E-state index in [1.807, 2.05) is 30.5 Å². The number of sulfonamides is 1. The second-order valence-electron chi connectivity index (χ2n) is 10.8. The summed E-state index contributed by atoms with van der Waals surface area (Å²) in [5, 5.41) is 5.05. The van der Waals surface area contributed by atoms with Gasteiger partial charge in [-0.05, 0) is 54.8 Å². The molecular formula is C29H31N5O5S. The minimum Gasteiger partial charge on any atom is -0.495 e. The van der Waals surface area contributed by atoms with Crippen molar-refractivity contribution in [2.24, 2.45) is 0 Å². The van der Waals surface area contributed by atoms with Gasteiger partial charge >= 0.3 is 0 Å². The summed E-state index contributed by atoms with van der Waals surface area (Å²) in [6, 6.07) is 14.1. The summed E-state index contributed by atoms with van der Waals surface area (Å²) in [4.78, 5) is 19.8. The van der Waals surface area contributed by atoms with E-state index < -0.39 is 15.9 Å². The number of carbonyl (C=O) groups excluding carboxylic acids is 1. The molecule has 0 radical (unpaired) electrons. The lowest BCUT2D eigenvalue weighted by Crippen LogP contribution is -2.36. The number of rotatable bonds is 7. The van der Waals surface area contributed by atoms with Gasteiger partial charge < -0.3 is 14.4 Å². The van der Waals surface area contributed by atoms with Crippen molar-refractivity contribution < 1.29 is 22.7 Å². The van der Waals surface area contributed by atoms with Crippen molar-refractivity contribution in [2.75, 3.05) is 31.7 Å². The van der Waals surface area contributed by atoms with E-state index in [9.17, 15) is 13.2 Å². The van der Waals surface area contributed by atoms with E-state index in [1.54, 1.807) is 29.1 Å². The molecule has 1 amide bonds. The van der Waals surface area contributed by atoms with Gasteiger partial charge in [-0.15, -0.1) is 0 Å². The Hall–Kier alpha value is -3.96. The van der Waals surface area contributed by atoms with Gasteiger partial charge in [-0.3, -0.25) is 4.79 Å². The first-order valence-corrected chi connectivity index (χ1v) is 14.7. The van der Waals surface area contributed by atoms with Gasteiger partial charge in [0.25, 0.3) is 15.9 Å². The number of carbonyl (C=O) groups is 1. The smallest absolute Gasteiger partial charge is 0.283 e. The lowest BCUT2D eigenvalue weighted by molar-refractivity contribution is 0.0976. The molecule has 2 aliphatic rings. The molecule has 0 bridgehead atoms. The number of pyridine rings is 1. The minimum absolute atomic E-state index is 0.0169. The standard InChI is InChI=1S/C29H31N5O5S/c1-29(2)18-33(17-19-7-5-16-39-19)26-21(29)11-13-25(38-3)27(26)40(36,37)32-28(35)23-12-10-20-22(31-23)8-4-9-24(20)34-15-6-14-30-34/h4,6,8-15,19H,5,7,16-18H2,1-3H3,(H,32,35). The van der Waals surface area contributed by atoms with Crippen LogP contribution in [0.1, 0.15) is 42.7 Å². The van der Waals surface area contributed by atoms with Gasteiger partial charge in [-0.2, -0.15) is 5.10 Å². The fraction of sp³-hybridized carbons (Fsp3) is 0.345. The monoisotopic (exact) mass is 561 g/mol. The molecule has 11 heteroatoms. The molecule has 40 heavy (non-hydrogen) atoms. The highest BCUT2D eigenvalue weighted by Gasteiger charge is 2.42. The molecule has 2 aliphatic heterocycles. The van der Waals surface area contributed by atoms with Crippen LogP contribution < -0.4 is 14.4 Å². The van der Waals surface area contributed by atoms with Crippen LogP contribution >= 0.6 is 0 Å². The minimum atomic E-state index is -4.35. The number of anilines is 1. The van der Waals surface area contributed by atoms with Crippen LogP contribution in [0.2, 0.25) is 0 Å². The number of aromatic nitrogens is 3. The molecule has 2 aromatic heterocycles. The largest absolute Gasteiger partial charge is 0.495 e. The number of amides is 1. The van der Waals surface area contributed by atoms with Crippen LogP contribution in [0.15, 0.2) is 65.8 Å². The third-order valence-electron chi connectivity index (χ3n) is 7.58. The van der Waals surface area contributed by atoms with E-state index in [0.29, 0.717) is 30.9 Å². The SMILES string of the molecule is COc1ccc2c(c1S(=O)(=O)NC(=O)c1ccc3c(-n4cccn4)cccc3n1)N(CC1CCCO1)CC2(C)C. The van der Waals surface area contributed by atoms with Crippen molar-refractivity contribution in [3.63, 3.8) is 0 Å². The summed E-state index contributed by atoms with van der Waals surface area (Å²) in [6.45, 7) is 6.05. The number of ether oxygens (including phenoxy) is 2. The van der Waals surface area contributed by atoms with Gasteiger partial charge in [-0.25, -0.2) is 22.8 Å². The summed E-state index contributed by atoms with van der Waals surface area (Å²) >= 11 is 0. The van der Waals surface area contributed by atoms with Crippen molar-refractivity contribution in [3.05, 3.63) is 72.2 Å². The van der Waals surface area contributed by atoms with E-state index in [0.717, 1.165) is 29.5 Å². The van der Waals surface area contributed by atoms with Gasteiger partial charge in [0.1, 0.15) is 11.4 Å². The maximum absolute atomic E-state index is 13.9. The van der Waals surface area contributed by atoms with Crippen LogP contribution in [-0.2, 0) is 20.2 Å². The average Bonchev–Trinajstić information content (AvgIpc) is 3.69. The normalized spacial score (nSPS) is 18.2. The summed E-state index contributed by atoms with van der Waals surface area (Å²) in [6.07, 6.45) is 5.42. The number of nitrogens with one attached hydrogen (secondary N) is 1. The lowest BCUT2D eigenvalue weighted by Gasteiger charge is -2.26. The number of methoxy groups -OCH3 is 1. The lowest BCUT2D eigenvalue weighted by atomic mass is 9.87. The molecule has 4 heterocycles. The highest BCUT2D eigenvalue weighted by Crippen LogP contribution is 2.47. The zero-order chi connectivity index (χ0) is 28.1. The van der Waals surface area contributed by atoms with Gasteiger partial charge in [-0.1, -0.05) is 26.0 Å². The summed E-state index contributed by atoms with van der Waals surface area (Å²) in [7, 11) is -2.92. The van der Waals surface area contributed by atoms with Crippen LogP contribution in [0.5, 0.6) is 5.75 Å². The zero-order valence-electron chi connectivity index (χ0n) is 22.6. The predicted octanol–water partition coefficient (Wildman–Crippen LogP) is 3.82. The van der Waals surface area contributed by atoms with Crippen molar-refractivity contribution in [1.82, 2.24) is 19.5 Å². The van der Waals surface area contributed by atoms with Crippen molar-refractivity contribution in [1.29, 1.82) is 0 Å². The molecule has 1 atom stereocenters. The maximum atomic E-state index is 13.9. The number of benzene rings is 2. The Labute approximate surface area is 233 Å². The van der Waals surface area contributed by atoms with Crippen LogP contribution in [-0.4, -0.2) is 62.0 Å². The first-order chi connectivity index (χ1) is 19.2. The van der Waals surface area contributed by atoms with Gasteiger partial charge in [0, 0.05) is 42.9 Å². The topological polar surface area (TPSA) is 116 Å². The summed E-state index contributed by atoms with van der Waals surface area (Å²) in [5.41, 5.74) is 2.45. The van der Waals surface area contributed by atoms with E-state index >= 15 is 0 Å². The third-order valence-corrected chi connectivity index (χ3v) is 8.97. The number of hydrogen-bond donors (Lipinski definition) is 1. The third kappa shape index (κ3) is 4.58. The van der Waals surface area contributed by atoms with Gasteiger partial charge in [0.15, 0.2) is 4.90 Å². The van der Waals surface area contributed by atoms with Crippen LogP contribution in [0.25, 0.3) is 16.6 Å². The van der Waals surface area contributed by atoms with Crippen LogP contribution in [0.3, 0.4) is 0 Å². The molecule has 1 fully saturated rings. The van der Waals surface area contributed by atoms with Crippen molar-refractivity contribution in [3.8, 4) is 11.4 Å². The molecule has 0 saturated carbocycles. The van der Waals surface area contributed by atoms with E-state index in [2.05, 4.69) is 33.6 Å². The second-order valence-corrected chi connectivity index (χ2v) is 12.4. The van der Waals surface area contributed by atoms with Crippen LogP contribution in [0.4, 0.5) is 5.69 Å². The molecule has 1 unspecified atom stereocenters. The number of fused-ring (bicyclic) bond motifs is 2. The first-order valence-electron chi connectivity index (χ1n) is 13.2. The zero-order valence-corrected chi connectivity index (χ0v) is 23.4. The Morgan fingerprint density at radius 3 is 2.75 bits per heavy atom. The molecule has 4 aromatic rings. The van der Waals surface area contributed by atoms with Gasteiger partial charge in [0.2, 0.25) is 0 Å². The van der Waals surface area contributed by atoms with E-state index in [1.165, 1.54) is 13.2 Å². The van der Waals surface area contributed by atoms with Crippen molar-refractivity contribution >= 4 is 32.5 Å². The van der Waals surface area contributed by atoms with Crippen LogP contribution in [0, 0.1) is 0 Å². The highest BCUT2D eigenvalue weighted by molar-refractivity contribution is 7.90. The molecule has 10 nitrogen and oxygen atoms in total. The molecule has 208 valence electrons. The molecule has 0 spiro atoms. The summed E-state index contributed by atoms with van der Waals surface area (Å²) < 4.78 is 43.2. The Kier molecular flexibility index (Phi) is 6.50. The quantitative estimate of drug-likeness (QED) is 0.362. The molecule has 2 aromatic carbocycles. The predicted molar refractivity (Wildman–Crippen MR) is 151 cm³/mol. The van der Waals surface area contributed by atoms with Gasteiger partial charge in [0.05, 0.1) is 30.1 Å². The van der Waals surface area contributed by atoms with E-state index in [-0.39, 0.29) is 27.9 Å². The highest BCUT2D eigenvalue weighted by atomic mass is 32.2. The summed E-state index contributed by atoms with van der Waals surface area (Å²) in [5.74, 6) is -0.654. The average molecular weight is 562 g/mol. The van der Waals surface area contributed by atoms with E-state index in [4.69, 9.17) is 9.47 Å². The number of hydrogen-bond acceptors (Lipinski definition) is 8. The molecule has 1 N–H and O–H groups in total. The Morgan fingerprint density at radius 2 is 2.02 bits per heavy atom. The Balaban J connectivity index is 1.36. The fourth-order valence-electron chi connectivity index (χ4n) is 5.77. The number of nitrogens with zero attached hydrogens (tertiary/aromatic N) is 4. The molecule has 0 aliphatic carbocycles. The molecular weight excluding hydrogens is 530 g/mol. The Morgan fingerprint density at radius 1 is 1.18 bits per heavy atom. The Bertz CT molecular complexity index is 1700. The van der Waals surface area contributed by atoms with Crippen molar-refractivity contribution in [2.45, 2.75) is 43.1 Å². The molecule has 6 rings (SSSR count). The fourth-order valence-corrected chi connectivity index (χ4v) is 7.13.